The zero-order valence-electron chi connectivity index (χ0n) is 16.8. The maximum Gasteiger partial charge on any atom is 0.264 e. The van der Waals surface area contributed by atoms with E-state index in [-0.39, 0.29) is 5.91 Å². The maximum absolute atomic E-state index is 13.0. The molecule has 0 bridgehead atoms. The minimum absolute atomic E-state index is 0.190. The number of carbonyl (C=O) groups excluding carboxylic acids is 1. The minimum Gasteiger partial charge on any atom is -0.337 e. The van der Waals surface area contributed by atoms with Gasteiger partial charge in [-0.25, -0.2) is 0 Å². The minimum atomic E-state index is 0.190. The Labute approximate surface area is 185 Å². The van der Waals surface area contributed by atoms with Crippen LogP contribution in [0, 0.1) is 0 Å². The molecular weight excluding hydrogens is 408 g/mol. The molecule has 0 unspecified atom stereocenters. The number of hydrogen-bond acceptors (Lipinski definition) is 4. The van der Waals surface area contributed by atoms with Crippen LogP contribution in [0.2, 0.25) is 0 Å². The second kappa shape index (κ2) is 8.72. The predicted octanol–water partition coefficient (Wildman–Crippen LogP) is 5.98. The lowest BCUT2D eigenvalue weighted by molar-refractivity contribution is 0.0766. The van der Waals surface area contributed by atoms with Crippen molar-refractivity contribution in [2.24, 2.45) is 0 Å². The van der Waals surface area contributed by atoms with Crippen LogP contribution in [0.25, 0.3) is 20.5 Å². The van der Waals surface area contributed by atoms with Crippen LogP contribution in [0.3, 0.4) is 0 Å². The molecule has 0 N–H and O–H groups in total. The van der Waals surface area contributed by atoms with Crippen LogP contribution in [0.4, 0.5) is 0 Å². The van der Waals surface area contributed by atoms with E-state index in [1.165, 1.54) is 26.1 Å². The normalized spacial score (nSPS) is 15.4. The summed E-state index contributed by atoms with van der Waals surface area (Å²) in [6.07, 6.45) is 1.01. The molecule has 1 fully saturated rings. The summed E-state index contributed by atoms with van der Waals surface area (Å²) in [6.45, 7) is 4.47. The van der Waals surface area contributed by atoms with Gasteiger partial charge in [0.1, 0.15) is 0 Å². The highest BCUT2D eigenvalue weighted by molar-refractivity contribution is 7.27. The molecule has 1 aliphatic rings. The van der Waals surface area contributed by atoms with Gasteiger partial charge in [0.05, 0.1) is 4.88 Å². The molecule has 30 heavy (non-hydrogen) atoms. The van der Waals surface area contributed by atoms with E-state index in [1.54, 1.807) is 22.7 Å². The molecule has 0 atom stereocenters. The van der Waals surface area contributed by atoms with Gasteiger partial charge in [-0.05, 0) is 40.6 Å². The highest BCUT2D eigenvalue weighted by Crippen LogP contribution is 2.31. The smallest absolute Gasteiger partial charge is 0.264 e. The quantitative estimate of drug-likeness (QED) is 0.396. The van der Waals surface area contributed by atoms with Gasteiger partial charge in [0.2, 0.25) is 0 Å². The van der Waals surface area contributed by atoms with Crippen LogP contribution in [0.1, 0.15) is 21.7 Å². The van der Waals surface area contributed by atoms with Crippen LogP contribution in [0.15, 0.2) is 72.1 Å². The van der Waals surface area contributed by atoms with Crippen molar-refractivity contribution in [3.63, 3.8) is 0 Å². The monoisotopic (exact) mass is 432 g/mol. The Kier molecular flexibility index (Phi) is 5.67. The van der Waals surface area contributed by atoms with Gasteiger partial charge < -0.3 is 4.90 Å². The Hall–Kier alpha value is -2.47. The molecule has 152 valence electrons. The molecule has 0 aliphatic carbocycles. The fraction of sp³-hybridized carbons (Fsp3) is 0.240. The van der Waals surface area contributed by atoms with E-state index in [1.807, 2.05) is 4.90 Å². The van der Waals surface area contributed by atoms with E-state index in [0.29, 0.717) is 0 Å². The molecule has 3 heterocycles. The first-order valence-electron chi connectivity index (χ1n) is 10.4. The van der Waals surface area contributed by atoms with E-state index in [0.717, 1.165) is 44.0 Å². The summed E-state index contributed by atoms with van der Waals surface area (Å²) in [4.78, 5) is 18.4. The number of amides is 1. The van der Waals surface area contributed by atoms with Crippen molar-refractivity contribution < 1.29 is 4.79 Å². The van der Waals surface area contributed by atoms with Gasteiger partial charge in [-0.3, -0.25) is 9.69 Å². The fourth-order valence-corrected chi connectivity index (χ4v) is 6.23. The average Bonchev–Trinajstić information content (AvgIpc) is 3.31. The molecule has 5 rings (SSSR count). The first-order chi connectivity index (χ1) is 14.8. The molecule has 3 nitrogen and oxygen atoms in total. The van der Waals surface area contributed by atoms with Crippen molar-refractivity contribution in [1.82, 2.24) is 9.80 Å². The molecule has 2 aromatic carbocycles. The Bertz CT molecular complexity index is 1120. The molecule has 5 heteroatoms. The van der Waals surface area contributed by atoms with Gasteiger partial charge in [-0.1, -0.05) is 54.6 Å². The van der Waals surface area contributed by atoms with Crippen molar-refractivity contribution in [1.29, 1.82) is 0 Å². The molecule has 0 radical (unpaired) electrons. The fourth-order valence-electron chi connectivity index (χ4n) is 4.16. The van der Waals surface area contributed by atoms with Crippen LogP contribution in [-0.2, 0) is 6.54 Å². The van der Waals surface area contributed by atoms with Gasteiger partial charge in [-0.15, -0.1) is 22.7 Å². The number of benzene rings is 2. The van der Waals surface area contributed by atoms with E-state index >= 15 is 0 Å². The summed E-state index contributed by atoms with van der Waals surface area (Å²) in [5, 5.41) is 2.09. The lowest BCUT2D eigenvalue weighted by atomic mass is 9.99. The maximum atomic E-state index is 13.0. The lowest BCUT2D eigenvalue weighted by Gasteiger charge is -2.23. The van der Waals surface area contributed by atoms with Gasteiger partial charge in [0, 0.05) is 42.1 Å². The Balaban J connectivity index is 1.28. The summed E-state index contributed by atoms with van der Waals surface area (Å²) in [5.74, 6) is 0.190. The van der Waals surface area contributed by atoms with Crippen molar-refractivity contribution in [3.05, 3.63) is 82.6 Å². The molecule has 2 aromatic heterocycles. The number of rotatable bonds is 4. The van der Waals surface area contributed by atoms with Crippen molar-refractivity contribution in [2.45, 2.75) is 13.0 Å². The molecule has 1 aliphatic heterocycles. The summed E-state index contributed by atoms with van der Waals surface area (Å²) in [6, 6.07) is 23.4. The first-order valence-corrected chi connectivity index (χ1v) is 12.1. The average molecular weight is 433 g/mol. The molecule has 1 amide bonds. The Morgan fingerprint density at radius 3 is 2.57 bits per heavy atom. The van der Waals surface area contributed by atoms with Gasteiger partial charge in [-0.2, -0.15) is 0 Å². The predicted molar refractivity (Wildman–Crippen MR) is 127 cm³/mol. The third-order valence-electron chi connectivity index (χ3n) is 5.72. The third kappa shape index (κ3) is 4.06. The highest BCUT2D eigenvalue weighted by atomic mass is 32.1. The van der Waals surface area contributed by atoms with Crippen LogP contribution in [0.5, 0.6) is 0 Å². The van der Waals surface area contributed by atoms with E-state index in [4.69, 9.17) is 0 Å². The topological polar surface area (TPSA) is 23.6 Å². The summed E-state index contributed by atoms with van der Waals surface area (Å²) in [7, 11) is 0. The largest absolute Gasteiger partial charge is 0.337 e. The van der Waals surface area contributed by atoms with Gasteiger partial charge >= 0.3 is 0 Å². The third-order valence-corrected chi connectivity index (χ3v) is 7.80. The van der Waals surface area contributed by atoms with E-state index in [2.05, 4.69) is 77.0 Å². The molecule has 4 aromatic rings. The van der Waals surface area contributed by atoms with Crippen molar-refractivity contribution >= 4 is 38.0 Å². The molecular formula is C25H24N2OS2. The van der Waals surface area contributed by atoms with Crippen LogP contribution >= 0.6 is 22.7 Å². The SMILES string of the molecule is O=C(c1cc2sccc2s1)N1CCCN(Cc2ccccc2-c2ccccc2)CC1. The number of carbonyl (C=O) groups is 1. The van der Waals surface area contributed by atoms with Crippen molar-refractivity contribution in [3.8, 4) is 11.1 Å². The van der Waals surface area contributed by atoms with Crippen LogP contribution < -0.4 is 0 Å². The summed E-state index contributed by atoms with van der Waals surface area (Å²) >= 11 is 3.33. The Morgan fingerprint density at radius 2 is 1.70 bits per heavy atom. The highest BCUT2D eigenvalue weighted by Gasteiger charge is 2.22. The second-order valence-corrected chi connectivity index (χ2v) is 9.74. The van der Waals surface area contributed by atoms with Crippen molar-refractivity contribution in [2.75, 3.05) is 26.2 Å². The number of fused-ring (bicyclic) bond motifs is 1. The summed E-state index contributed by atoms with van der Waals surface area (Å²) < 4.78 is 2.44. The number of hydrogen-bond donors (Lipinski definition) is 0. The molecule has 0 saturated carbocycles. The van der Waals surface area contributed by atoms with Gasteiger partial charge in [0.15, 0.2) is 0 Å². The molecule has 1 saturated heterocycles. The number of nitrogens with zero attached hydrogens (tertiary/aromatic N) is 2. The lowest BCUT2D eigenvalue weighted by Crippen LogP contribution is -2.34. The van der Waals surface area contributed by atoms with Gasteiger partial charge in [0.25, 0.3) is 5.91 Å². The first kappa shape index (κ1) is 19.5. The molecule has 0 spiro atoms. The number of thiophene rings is 2. The zero-order valence-corrected chi connectivity index (χ0v) is 18.4. The van der Waals surface area contributed by atoms with Crippen LogP contribution in [-0.4, -0.2) is 41.9 Å². The van der Waals surface area contributed by atoms with E-state index < -0.39 is 0 Å². The second-order valence-electron chi connectivity index (χ2n) is 7.70. The Morgan fingerprint density at radius 1 is 0.867 bits per heavy atom. The summed E-state index contributed by atoms with van der Waals surface area (Å²) in [5.41, 5.74) is 3.91. The van der Waals surface area contributed by atoms with E-state index in [9.17, 15) is 4.79 Å². The zero-order chi connectivity index (χ0) is 20.3. The standard InChI is InChI=1S/C25H24N2OS2/c28-25(24-17-23-22(30-24)11-16-29-23)27-13-6-12-26(14-15-27)18-20-9-4-5-10-21(20)19-7-2-1-3-8-19/h1-5,7-11,16-17H,6,12-15,18H2.